The molecule has 29 heteroatoms. The number of aliphatic hydroxyl groups is 1. The van der Waals surface area contributed by atoms with Crippen molar-refractivity contribution in [2.75, 3.05) is 46.0 Å². The minimum absolute atomic E-state index is 0. The third-order valence-corrected chi connectivity index (χ3v) is 20.7. The summed E-state index contributed by atoms with van der Waals surface area (Å²) in [5, 5.41) is 29.1. The highest BCUT2D eigenvalue weighted by Gasteiger charge is 2.47. The number of hydrogen-bond acceptors (Lipinski definition) is 20. The van der Waals surface area contributed by atoms with Gasteiger partial charge in [0.25, 0.3) is 0 Å². The lowest BCUT2D eigenvalue weighted by Gasteiger charge is -2.49. The molecule has 10 rings (SSSR count). The monoisotopic (exact) mass is 1240 g/mol. The fourth-order valence-electron chi connectivity index (χ4n) is 12.4. The molecule has 2 aliphatic carbocycles. The van der Waals surface area contributed by atoms with Crippen molar-refractivity contribution in [3.63, 3.8) is 0 Å². The number of H-pyrrole nitrogens is 2. The van der Waals surface area contributed by atoms with Gasteiger partial charge in [0.15, 0.2) is 34.9 Å². The highest BCUT2D eigenvalue weighted by Crippen LogP contribution is 2.41. The Morgan fingerprint density at radius 1 is 0.643 bits per heavy atom. The van der Waals surface area contributed by atoms with E-state index in [9.17, 15) is 35.9 Å². The largest absolute Gasteiger partial charge is 0.508 e. The second-order valence-corrected chi connectivity index (χ2v) is 27.1. The van der Waals surface area contributed by atoms with Crippen molar-refractivity contribution in [1.82, 2.24) is 48.9 Å². The third-order valence-electron chi connectivity index (χ3n) is 16.7. The van der Waals surface area contributed by atoms with Crippen LogP contribution in [0.1, 0.15) is 172 Å². The van der Waals surface area contributed by atoms with E-state index in [2.05, 4.69) is 51.0 Å². The van der Waals surface area contributed by atoms with Crippen molar-refractivity contribution in [2.45, 2.75) is 225 Å². The first kappa shape index (κ1) is 66.0. The highest BCUT2D eigenvalue weighted by atomic mass is 35.5. The number of nitrogens with one attached hydrogen (secondary N) is 4. The second kappa shape index (κ2) is 29.7. The van der Waals surface area contributed by atoms with Crippen molar-refractivity contribution in [3.8, 4) is 0 Å². The maximum absolute atomic E-state index is 15.6. The molecule has 2 unspecified atom stereocenters. The normalized spacial score (nSPS) is 23.1. The summed E-state index contributed by atoms with van der Waals surface area (Å²) in [6.45, 7) is 6.03. The lowest BCUT2D eigenvalue weighted by atomic mass is 9.83. The summed E-state index contributed by atoms with van der Waals surface area (Å²) >= 11 is 5.05. The van der Waals surface area contributed by atoms with Gasteiger partial charge in [-0.3, -0.25) is 10.2 Å². The first-order valence-corrected chi connectivity index (χ1v) is 32.8. The fraction of sp³-hybridized carbons (Fsp3) is 0.709. The van der Waals surface area contributed by atoms with Gasteiger partial charge in [-0.05, 0) is 130 Å². The molecule has 2 saturated carbocycles. The maximum atomic E-state index is 15.6. The van der Waals surface area contributed by atoms with Crippen LogP contribution in [0, 0.1) is 25.5 Å². The number of ether oxygens (including phenoxy) is 3. The zero-order valence-corrected chi connectivity index (χ0v) is 50.7. The molecule has 84 heavy (non-hydrogen) atoms. The van der Waals surface area contributed by atoms with Gasteiger partial charge in [-0.1, -0.05) is 33.1 Å². The summed E-state index contributed by atoms with van der Waals surface area (Å²) in [6.07, 6.45) is 17.2. The maximum Gasteiger partial charge on any atom is 0.508 e. The molecule has 4 bridgehead atoms. The summed E-state index contributed by atoms with van der Waals surface area (Å²) in [5.41, 5.74) is 0.730. The minimum Gasteiger partial charge on any atom is -0.450 e. The number of carbonyl (C=O) groups is 2. The van der Waals surface area contributed by atoms with Gasteiger partial charge in [-0.15, -0.1) is 0 Å². The smallest absolute Gasteiger partial charge is 0.450 e. The molecule has 8 heterocycles. The van der Waals surface area contributed by atoms with E-state index in [0.29, 0.717) is 37.3 Å². The first-order chi connectivity index (χ1) is 39.7. The van der Waals surface area contributed by atoms with Crippen molar-refractivity contribution in [1.29, 1.82) is 0 Å². The van der Waals surface area contributed by atoms with Crippen LogP contribution in [0.2, 0.25) is 0 Å². The van der Waals surface area contributed by atoms with Crippen LogP contribution in [0.3, 0.4) is 0 Å². The second-order valence-electron chi connectivity index (χ2n) is 22.5. The van der Waals surface area contributed by atoms with E-state index in [1.807, 2.05) is 37.7 Å². The Labute approximate surface area is 497 Å². The summed E-state index contributed by atoms with van der Waals surface area (Å²) in [5.74, 6) is -0.160. The molecule has 0 amide bonds. The van der Waals surface area contributed by atoms with Crippen LogP contribution >= 0.6 is 11.6 Å². The van der Waals surface area contributed by atoms with E-state index in [0.717, 1.165) is 108 Å². The van der Waals surface area contributed by atoms with Gasteiger partial charge >= 0.3 is 11.6 Å². The lowest BCUT2D eigenvalue weighted by molar-refractivity contribution is 0.00629. The Morgan fingerprint density at radius 3 is 1.40 bits per heavy atom. The van der Waals surface area contributed by atoms with E-state index < -0.39 is 56.5 Å². The lowest BCUT2D eigenvalue weighted by Crippen LogP contribution is -2.58. The predicted octanol–water partition coefficient (Wildman–Crippen LogP) is 9.93. The molecule has 6 aliphatic rings. The molecule has 468 valence electrons. The number of rotatable bonds is 17. The molecular formula is C55H85ClF2N14O10S2. The average Bonchev–Trinajstić information content (AvgIpc) is 2.80. The van der Waals surface area contributed by atoms with Crippen molar-refractivity contribution in [2.24, 2.45) is 0 Å². The number of aliphatic hydroxyl groups excluding tert-OH is 1. The number of piperidine rings is 4. The number of hydrogen-bond donors (Lipinski definition) is 5. The van der Waals surface area contributed by atoms with Crippen molar-refractivity contribution >= 4 is 78.4 Å². The summed E-state index contributed by atoms with van der Waals surface area (Å²) in [4.78, 5) is 43.9. The van der Waals surface area contributed by atoms with Gasteiger partial charge in [0.1, 0.15) is 30.2 Å². The van der Waals surface area contributed by atoms with Crippen LogP contribution in [0.5, 0.6) is 0 Å². The van der Waals surface area contributed by atoms with Crippen LogP contribution in [-0.2, 0) is 47.5 Å². The van der Waals surface area contributed by atoms with Crippen LogP contribution in [-0.4, -0.2) is 157 Å². The number of carbonyl (C=O) groups excluding carboxylic acids is 2. The number of halogens is 3. The summed E-state index contributed by atoms with van der Waals surface area (Å²) < 4.78 is 100. The van der Waals surface area contributed by atoms with Crippen LogP contribution < -0.4 is 20.4 Å². The molecule has 4 saturated heterocycles. The first-order valence-electron chi connectivity index (χ1n) is 29.2. The van der Waals surface area contributed by atoms with E-state index >= 15 is 4.39 Å². The predicted molar refractivity (Wildman–Crippen MR) is 316 cm³/mol. The molecule has 0 radical (unpaired) electrons. The molecule has 24 nitrogen and oxygen atoms in total. The van der Waals surface area contributed by atoms with Crippen LogP contribution in [0.4, 0.5) is 53.5 Å². The Morgan fingerprint density at radius 2 is 1.04 bits per heavy atom. The molecule has 6 atom stereocenters. The van der Waals surface area contributed by atoms with Crippen LogP contribution in [0.15, 0.2) is 12.1 Å². The topological polar surface area (TPSA) is 296 Å². The minimum atomic E-state index is -3.32. The number of aromatic nitrogens is 8. The van der Waals surface area contributed by atoms with E-state index in [1.54, 1.807) is 34.6 Å². The number of aromatic amines is 2. The standard InChI is InChI=1S/C27H40FN7O5S.C20H30FN7O3S.C7H11ClO2.CH4/c1-4-41(37,38)35-18-9-8-10-19(35)15-20(14-18)34(3)26-29-22(16-39-27(36)40-21-11-6-5-7-12-21)24(28)25(31-26)30-23-13-17(2)32-33-23;1-4-32(30,31)28-13-6-5-7-14(28)10-15(9-13)27(3)20-22-16(11-29)18(21)19(24-20)23-17-8-12(2)25-26-17;8-7(9)10-6-4-2-1-3-5-6;/h13,18-21H,4-12,14-16H2,1-3H3,(H2,29,30,31,32,33);8,13-15,29H,4-7,9-11H2,1-3H3,(H2,22,23,24,25,26);6H,1-5H2;1H4/t18-,19+,20?;13-,14+,15?;;. The molecule has 5 N–H and O–H groups in total. The van der Waals surface area contributed by atoms with Gasteiger partial charge in [-0.25, -0.2) is 45.2 Å². The fourth-order valence-corrected chi connectivity index (χ4v) is 15.7. The van der Waals surface area contributed by atoms with E-state index in [4.69, 9.17) is 25.8 Å². The Bertz CT molecular complexity index is 3030. The summed E-state index contributed by atoms with van der Waals surface area (Å²) in [6, 6.07) is 3.09. The quantitative estimate of drug-likeness (QED) is 0.0485. The zero-order valence-electron chi connectivity index (χ0n) is 48.3. The van der Waals surface area contributed by atoms with E-state index in [1.165, 1.54) is 6.42 Å². The van der Waals surface area contributed by atoms with Gasteiger partial charge in [-0.2, -0.15) is 28.8 Å². The number of aryl methyl sites for hydroxylation is 2. The van der Waals surface area contributed by atoms with Gasteiger partial charge in [0.2, 0.25) is 31.9 Å². The number of fused-ring (bicyclic) bond motifs is 4. The Kier molecular flexibility index (Phi) is 23.3. The molecule has 0 aromatic carbocycles. The number of sulfonamides is 2. The van der Waals surface area contributed by atoms with Gasteiger partial charge < -0.3 is 39.8 Å². The third kappa shape index (κ3) is 16.7. The van der Waals surface area contributed by atoms with E-state index in [-0.39, 0.29) is 102 Å². The van der Waals surface area contributed by atoms with Crippen molar-refractivity contribution < 1.29 is 54.5 Å². The van der Waals surface area contributed by atoms with Crippen LogP contribution in [0.25, 0.3) is 0 Å². The molecule has 6 fully saturated rings. The van der Waals surface area contributed by atoms with Gasteiger partial charge in [0.05, 0.1) is 18.1 Å². The van der Waals surface area contributed by atoms with Crippen molar-refractivity contribution in [3.05, 3.63) is 46.5 Å². The molecule has 4 aromatic rings. The van der Waals surface area contributed by atoms with Gasteiger partial charge in [0, 0.05) is 85.5 Å². The SMILES string of the molecule is C.CCS(=O)(=O)N1[C@@H]2CCC[C@H]1CC(N(C)c1nc(CO)c(F)c(Nc3cc(C)[nH]n3)n1)C2.CCS(=O)(=O)N1[C@@H]2CCC[C@H]1CC(N(C)c1nc(COC(=O)OC3CCCCC3)c(F)c(Nc3cc(C)[nH]n3)n1)C2.O=C(Cl)OC1CCCCC1. The number of anilines is 6. The highest BCUT2D eigenvalue weighted by molar-refractivity contribution is 7.89. The zero-order chi connectivity index (χ0) is 59.6. The molecule has 0 spiro atoms. The average molecular weight is 1240 g/mol. The molecule has 4 aromatic heterocycles. The Balaban J connectivity index is 0.000000209. The Hall–Kier alpha value is -5.55. The number of nitrogens with zero attached hydrogens (tertiary/aromatic N) is 10. The summed E-state index contributed by atoms with van der Waals surface area (Å²) in [7, 11) is -2.92. The molecule has 4 aliphatic heterocycles. The molecular weight excluding hydrogens is 1150 g/mol.